The van der Waals surface area contributed by atoms with Crippen molar-refractivity contribution in [2.24, 2.45) is 0 Å². The Hall–Kier alpha value is -3.71. The molecule has 2 heterocycles. The molecule has 0 saturated carbocycles. The standard InChI is InChI=1S/C24H21N3O3S/c1-29-19-12-13-20(30-2)23-22(19)26-24(31-23)27(16-18-10-6-7-15-25-18)21(28)14-11-17-8-4-3-5-9-17/h3-15H,16H2,1-2H3/b14-11+. The molecule has 4 rings (SSSR count). The Bertz CT molecular complexity index is 1170. The van der Waals surface area contributed by atoms with E-state index >= 15 is 0 Å². The van der Waals surface area contributed by atoms with E-state index in [0.717, 1.165) is 16.0 Å². The van der Waals surface area contributed by atoms with Crippen LogP contribution in [0.3, 0.4) is 0 Å². The second-order valence-corrected chi connectivity index (χ2v) is 7.61. The zero-order valence-corrected chi connectivity index (χ0v) is 18.0. The first-order chi connectivity index (χ1) is 15.2. The number of ether oxygens (including phenoxy) is 2. The molecule has 31 heavy (non-hydrogen) atoms. The molecule has 0 aliphatic heterocycles. The predicted octanol–water partition coefficient (Wildman–Crippen LogP) is 4.96. The normalized spacial score (nSPS) is 11.0. The van der Waals surface area contributed by atoms with E-state index < -0.39 is 0 Å². The summed E-state index contributed by atoms with van der Waals surface area (Å²) < 4.78 is 11.8. The third kappa shape index (κ3) is 4.57. The number of pyridine rings is 1. The van der Waals surface area contributed by atoms with Gasteiger partial charge in [0.2, 0.25) is 0 Å². The highest BCUT2D eigenvalue weighted by atomic mass is 32.1. The van der Waals surface area contributed by atoms with Crippen molar-refractivity contribution < 1.29 is 14.3 Å². The Kier molecular flexibility index (Phi) is 6.24. The maximum absolute atomic E-state index is 13.2. The van der Waals surface area contributed by atoms with Crippen LogP contribution in [0.2, 0.25) is 0 Å². The van der Waals surface area contributed by atoms with Gasteiger partial charge in [-0.3, -0.25) is 14.7 Å². The first-order valence-corrected chi connectivity index (χ1v) is 10.5. The van der Waals surface area contributed by atoms with Crippen molar-refractivity contribution in [3.8, 4) is 11.5 Å². The van der Waals surface area contributed by atoms with Gasteiger partial charge in [0.25, 0.3) is 5.91 Å². The predicted molar refractivity (Wildman–Crippen MR) is 124 cm³/mol. The second kappa shape index (κ2) is 9.40. The monoisotopic (exact) mass is 431 g/mol. The maximum Gasteiger partial charge on any atom is 0.253 e. The van der Waals surface area contributed by atoms with Crippen LogP contribution in [-0.2, 0) is 11.3 Å². The van der Waals surface area contributed by atoms with Gasteiger partial charge < -0.3 is 9.47 Å². The largest absolute Gasteiger partial charge is 0.495 e. The van der Waals surface area contributed by atoms with Gasteiger partial charge in [0, 0.05) is 12.3 Å². The Morgan fingerprint density at radius 1 is 1.00 bits per heavy atom. The number of hydrogen-bond acceptors (Lipinski definition) is 6. The van der Waals surface area contributed by atoms with Crippen LogP contribution in [0, 0.1) is 0 Å². The highest BCUT2D eigenvalue weighted by molar-refractivity contribution is 7.22. The molecular formula is C24H21N3O3S. The van der Waals surface area contributed by atoms with Crippen LogP contribution in [0.5, 0.6) is 11.5 Å². The van der Waals surface area contributed by atoms with Crippen LogP contribution in [-0.4, -0.2) is 30.1 Å². The minimum absolute atomic E-state index is 0.188. The lowest BCUT2D eigenvalue weighted by atomic mass is 10.2. The van der Waals surface area contributed by atoms with Crippen molar-refractivity contribution in [1.29, 1.82) is 0 Å². The molecule has 0 spiro atoms. The molecule has 0 fully saturated rings. The molecule has 4 aromatic rings. The van der Waals surface area contributed by atoms with Gasteiger partial charge in [-0.05, 0) is 35.9 Å². The first-order valence-electron chi connectivity index (χ1n) is 9.65. The molecule has 0 atom stereocenters. The fourth-order valence-electron chi connectivity index (χ4n) is 3.10. The molecule has 0 aliphatic rings. The number of thiazole rings is 1. The minimum Gasteiger partial charge on any atom is -0.495 e. The van der Waals surface area contributed by atoms with E-state index in [1.165, 1.54) is 11.3 Å². The Balaban J connectivity index is 1.75. The summed E-state index contributed by atoms with van der Waals surface area (Å²) in [6.07, 6.45) is 5.06. The summed E-state index contributed by atoms with van der Waals surface area (Å²) in [6.45, 7) is 0.295. The van der Waals surface area contributed by atoms with Crippen LogP contribution >= 0.6 is 11.3 Å². The molecule has 0 bridgehead atoms. The lowest BCUT2D eigenvalue weighted by molar-refractivity contribution is -0.114. The average molecular weight is 432 g/mol. The van der Waals surface area contributed by atoms with E-state index in [2.05, 4.69) is 4.98 Å². The van der Waals surface area contributed by atoms with Crippen LogP contribution in [0.4, 0.5) is 5.13 Å². The summed E-state index contributed by atoms with van der Waals surface area (Å²) in [5, 5.41) is 0.547. The topological polar surface area (TPSA) is 64.6 Å². The highest BCUT2D eigenvalue weighted by Crippen LogP contribution is 2.40. The number of fused-ring (bicyclic) bond motifs is 1. The smallest absolute Gasteiger partial charge is 0.253 e. The maximum atomic E-state index is 13.2. The van der Waals surface area contributed by atoms with Crippen molar-refractivity contribution >= 4 is 38.7 Å². The number of hydrogen-bond donors (Lipinski definition) is 0. The molecule has 2 aromatic carbocycles. The summed E-state index contributed by atoms with van der Waals surface area (Å²) in [4.78, 5) is 23.9. The zero-order chi connectivity index (χ0) is 21.6. The summed E-state index contributed by atoms with van der Waals surface area (Å²) in [5.41, 5.74) is 2.37. The van der Waals surface area contributed by atoms with E-state index in [4.69, 9.17) is 14.5 Å². The molecule has 156 valence electrons. The van der Waals surface area contributed by atoms with Crippen LogP contribution in [0.1, 0.15) is 11.3 Å². The molecule has 0 radical (unpaired) electrons. The van der Waals surface area contributed by atoms with E-state index in [1.54, 1.807) is 37.5 Å². The second-order valence-electron chi connectivity index (χ2n) is 6.63. The number of nitrogens with zero attached hydrogens (tertiary/aromatic N) is 3. The van der Waals surface area contributed by atoms with Gasteiger partial charge in [0.05, 0.1) is 26.5 Å². The molecule has 0 unspecified atom stereocenters. The molecule has 0 saturated heterocycles. The quantitative estimate of drug-likeness (QED) is 0.387. The SMILES string of the molecule is COc1ccc(OC)c2sc(N(Cc3ccccn3)C(=O)/C=C/c3ccccc3)nc12. The number of carbonyl (C=O) groups is 1. The Labute approximate surface area is 184 Å². The van der Waals surface area contributed by atoms with Crippen molar-refractivity contribution in [2.45, 2.75) is 6.54 Å². The highest BCUT2D eigenvalue weighted by Gasteiger charge is 2.22. The van der Waals surface area contributed by atoms with Gasteiger partial charge >= 0.3 is 0 Å². The number of carbonyl (C=O) groups excluding carboxylic acids is 1. The Morgan fingerprint density at radius 3 is 2.45 bits per heavy atom. The van der Waals surface area contributed by atoms with E-state index in [-0.39, 0.29) is 5.91 Å². The number of rotatable bonds is 7. The Morgan fingerprint density at radius 2 is 1.74 bits per heavy atom. The zero-order valence-electron chi connectivity index (χ0n) is 17.2. The van der Waals surface area contributed by atoms with E-state index in [0.29, 0.717) is 28.7 Å². The summed E-state index contributed by atoms with van der Waals surface area (Å²) in [7, 11) is 3.21. The lowest BCUT2D eigenvalue weighted by Gasteiger charge is -2.17. The van der Waals surface area contributed by atoms with Crippen molar-refractivity contribution in [3.63, 3.8) is 0 Å². The third-order valence-electron chi connectivity index (χ3n) is 4.66. The average Bonchev–Trinajstić information content (AvgIpc) is 3.27. The summed E-state index contributed by atoms with van der Waals surface area (Å²) in [5.74, 6) is 1.12. The van der Waals surface area contributed by atoms with Crippen LogP contribution < -0.4 is 14.4 Å². The van der Waals surface area contributed by atoms with Crippen molar-refractivity contribution in [3.05, 3.63) is 84.2 Å². The van der Waals surface area contributed by atoms with Crippen molar-refractivity contribution in [1.82, 2.24) is 9.97 Å². The summed E-state index contributed by atoms with van der Waals surface area (Å²) >= 11 is 1.38. The lowest BCUT2D eigenvalue weighted by Crippen LogP contribution is -2.29. The number of methoxy groups -OCH3 is 2. The molecule has 6 nitrogen and oxygen atoms in total. The summed E-state index contributed by atoms with van der Waals surface area (Å²) in [6, 6.07) is 19.0. The fourth-order valence-corrected chi connectivity index (χ4v) is 4.18. The van der Waals surface area contributed by atoms with E-state index in [1.807, 2.05) is 60.7 Å². The molecule has 2 aromatic heterocycles. The van der Waals surface area contributed by atoms with E-state index in [9.17, 15) is 4.79 Å². The molecule has 0 aliphatic carbocycles. The first kappa shape index (κ1) is 20.6. The van der Waals surface area contributed by atoms with Crippen LogP contribution in [0.15, 0.2) is 72.9 Å². The third-order valence-corrected chi connectivity index (χ3v) is 5.75. The minimum atomic E-state index is -0.188. The number of anilines is 1. The number of aromatic nitrogens is 2. The number of benzene rings is 2. The fraction of sp³-hybridized carbons (Fsp3) is 0.125. The van der Waals surface area contributed by atoms with Gasteiger partial charge in [-0.25, -0.2) is 4.98 Å². The van der Waals surface area contributed by atoms with Gasteiger partial charge in [-0.1, -0.05) is 47.7 Å². The van der Waals surface area contributed by atoms with Crippen molar-refractivity contribution in [2.75, 3.05) is 19.1 Å². The van der Waals surface area contributed by atoms with Gasteiger partial charge in [-0.15, -0.1) is 0 Å². The molecule has 1 amide bonds. The molecule has 7 heteroatoms. The van der Waals surface area contributed by atoms with Gasteiger partial charge in [0.1, 0.15) is 21.7 Å². The van der Waals surface area contributed by atoms with Gasteiger partial charge in [0.15, 0.2) is 5.13 Å². The molecule has 0 N–H and O–H groups in total. The van der Waals surface area contributed by atoms with Gasteiger partial charge in [-0.2, -0.15) is 0 Å². The molecular weight excluding hydrogens is 410 g/mol. The number of amides is 1. The van der Waals surface area contributed by atoms with Crippen LogP contribution in [0.25, 0.3) is 16.3 Å².